The van der Waals surface area contributed by atoms with Gasteiger partial charge in [0.05, 0.1) is 0 Å². The van der Waals surface area contributed by atoms with Crippen LogP contribution in [-0.4, -0.2) is 44.8 Å². The number of halogens is 3. The lowest BCUT2D eigenvalue weighted by Crippen LogP contribution is -2.28. The van der Waals surface area contributed by atoms with Gasteiger partial charge in [-0.1, -0.05) is 6.07 Å². The van der Waals surface area contributed by atoms with E-state index in [4.69, 9.17) is 0 Å². The van der Waals surface area contributed by atoms with E-state index in [9.17, 15) is 18.0 Å². The number of amides is 1. The van der Waals surface area contributed by atoms with Crippen molar-refractivity contribution in [1.82, 2.24) is 24.9 Å². The molecule has 3 aromatic heterocycles. The lowest BCUT2D eigenvalue weighted by molar-refractivity contribution is -0.154. The molecule has 0 unspecified atom stereocenters. The molecular weight excluding hydrogens is 351 g/mol. The Balaban J connectivity index is 1.62. The summed E-state index contributed by atoms with van der Waals surface area (Å²) in [5.74, 6) is -0.292. The van der Waals surface area contributed by atoms with Crippen LogP contribution < -0.4 is 10.1 Å². The normalized spacial score (nSPS) is 11.5. The Morgan fingerprint density at radius 1 is 1.19 bits per heavy atom. The molecular formula is C16H14F3N5O2. The van der Waals surface area contributed by atoms with Gasteiger partial charge in [-0.2, -0.15) is 13.2 Å². The SMILES string of the molecule is O=C(NCCc1nnc2ccccn12)c1cccnc1OCC(F)(F)F. The second-order valence-electron chi connectivity index (χ2n) is 5.31. The molecule has 0 saturated heterocycles. The largest absolute Gasteiger partial charge is 0.467 e. The van der Waals surface area contributed by atoms with Gasteiger partial charge in [-0.25, -0.2) is 4.98 Å². The Hall–Kier alpha value is -3.17. The van der Waals surface area contributed by atoms with Gasteiger partial charge in [-0.05, 0) is 24.3 Å². The second kappa shape index (κ2) is 7.38. The number of carbonyl (C=O) groups is 1. The average Bonchev–Trinajstić information content (AvgIpc) is 3.03. The highest BCUT2D eigenvalue weighted by molar-refractivity contribution is 5.96. The molecule has 0 radical (unpaired) electrons. The fraction of sp³-hybridized carbons (Fsp3) is 0.250. The zero-order valence-electron chi connectivity index (χ0n) is 13.4. The van der Waals surface area contributed by atoms with Crippen molar-refractivity contribution in [2.24, 2.45) is 0 Å². The third kappa shape index (κ3) is 4.26. The van der Waals surface area contributed by atoms with E-state index in [1.807, 2.05) is 12.1 Å². The zero-order valence-corrected chi connectivity index (χ0v) is 13.4. The zero-order chi connectivity index (χ0) is 18.6. The number of alkyl halides is 3. The van der Waals surface area contributed by atoms with Gasteiger partial charge in [0, 0.05) is 25.4 Å². The Bertz CT molecular complexity index is 910. The minimum absolute atomic E-state index is 0.0668. The number of carbonyl (C=O) groups excluding carboxylic acids is 1. The summed E-state index contributed by atoms with van der Waals surface area (Å²) >= 11 is 0. The van der Waals surface area contributed by atoms with Gasteiger partial charge < -0.3 is 10.1 Å². The number of hydrogen-bond donors (Lipinski definition) is 1. The number of ether oxygens (including phenoxy) is 1. The predicted octanol–water partition coefficient (Wildman–Crippen LogP) is 2.04. The standard InChI is InChI=1S/C16H14F3N5O2/c17-16(18,19)10-26-15-11(4-3-7-21-15)14(25)20-8-6-13-23-22-12-5-1-2-9-24(12)13/h1-5,7,9H,6,8,10H2,(H,20,25). The van der Waals surface area contributed by atoms with Crippen molar-refractivity contribution in [2.75, 3.05) is 13.2 Å². The van der Waals surface area contributed by atoms with E-state index in [0.29, 0.717) is 17.9 Å². The van der Waals surface area contributed by atoms with Crippen molar-refractivity contribution in [2.45, 2.75) is 12.6 Å². The van der Waals surface area contributed by atoms with Crippen LogP contribution in [0.25, 0.3) is 5.65 Å². The van der Waals surface area contributed by atoms with Crippen LogP contribution in [0.3, 0.4) is 0 Å². The number of fused-ring (bicyclic) bond motifs is 1. The van der Waals surface area contributed by atoms with Gasteiger partial charge in [0.25, 0.3) is 5.91 Å². The first kappa shape index (κ1) is 17.6. The number of nitrogens with zero attached hydrogens (tertiary/aromatic N) is 4. The Kier molecular flexibility index (Phi) is 5.01. The maximum atomic E-state index is 12.3. The molecule has 3 heterocycles. The molecule has 1 amide bonds. The molecule has 136 valence electrons. The van der Waals surface area contributed by atoms with Crippen molar-refractivity contribution in [1.29, 1.82) is 0 Å². The van der Waals surface area contributed by atoms with E-state index in [0.717, 1.165) is 0 Å². The molecule has 0 aromatic carbocycles. The minimum Gasteiger partial charge on any atom is -0.467 e. The molecule has 0 aliphatic heterocycles. The molecule has 3 aromatic rings. The molecule has 0 aliphatic rings. The lowest BCUT2D eigenvalue weighted by atomic mass is 10.2. The van der Waals surface area contributed by atoms with Gasteiger partial charge in [-0.3, -0.25) is 9.20 Å². The third-order valence-corrected chi connectivity index (χ3v) is 3.41. The van der Waals surface area contributed by atoms with Gasteiger partial charge in [0.15, 0.2) is 12.3 Å². The fourth-order valence-corrected chi connectivity index (χ4v) is 2.27. The van der Waals surface area contributed by atoms with Gasteiger partial charge in [0.1, 0.15) is 11.4 Å². The highest BCUT2D eigenvalue weighted by Gasteiger charge is 2.29. The first-order chi connectivity index (χ1) is 12.4. The van der Waals surface area contributed by atoms with Crippen molar-refractivity contribution < 1.29 is 22.7 Å². The first-order valence-electron chi connectivity index (χ1n) is 7.65. The van der Waals surface area contributed by atoms with Crippen LogP contribution in [0.1, 0.15) is 16.2 Å². The highest BCUT2D eigenvalue weighted by atomic mass is 19.4. The molecule has 0 atom stereocenters. The number of nitrogens with one attached hydrogen (secondary N) is 1. The molecule has 0 aliphatic carbocycles. The van der Waals surface area contributed by atoms with Crippen molar-refractivity contribution >= 4 is 11.6 Å². The number of pyridine rings is 2. The van der Waals surface area contributed by atoms with Crippen LogP contribution in [0.5, 0.6) is 5.88 Å². The van der Waals surface area contributed by atoms with E-state index in [1.165, 1.54) is 18.3 Å². The monoisotopic (exact) mass is 365 g/mol. The van der Waals surface area contributed by atoms with Crippen LogP contribution in [-0.2, 0) is 6.42 Å². The van der Waals surface area contributed by atoms with Crippen LogP contribution >= 0.6 is 0 Å². The summed E-state index contributed by atoms with van der Waals surface area (Å²) in [4.78, 5) is 15.9. The molecule has 0 fully saturated rings. The van der Waals surface area contributed by atoms with Gasteiger partial charge >= 0.3 is 6.18 Å². The summed E-state index contributed by atoms with van der Waals surface area (Å²) in [5.41, 5.74) is 0.617. The molecule has 0 saturated carbocycles. The van der Waals surface area contributed by atoms with Gasteiger partial charge in [0.2, 0.25) is 5.88 Å². The second-order valence-corrected chi connectivity index (χ2v) is 5.31. The van der Waals surface area contributed by atoms with E-state index < -0.39 is 18.7 Å². The Morgan fingerprint density at radius 3 is 2.85 bits per heavy atom. The van der Waals surface area contributed by atoms with Crippen LogP contribution in [0.15, 0.2) is 42.7 Å². The van der Waals surface area contributed by atoms with Crippen LogP contribution in [0.4, 0.5) is 13.2 Å². The predicted molar refractivity (Wildman–Crippen MR) is 84.8 cm³/mol. The van der Waals surface area contributed by atoms with Crippen molar-refractivity contribution in [3.05, 3.63) is 54.1 Å². The summed E-state index contributed by atoms with van der Waals surface area (Å²) in [7, 11) is 0. The maximum Gasteiger partial charge on any atom is 0.422 e. The summed E-state index contributed by atoms with van der Waals surface area (Å²) < 4.78 is 43.3. The Labute approximate surface area is 145 Å². The highest BCUT2D eigenvalue weighted by Crippen LogP contribution is 2.19. The van der Waals surface area contributed by atoms with E-state index in [-0.39, 0.29) is 18.0 Å². The molecule has 10 heteroatoms. The van der Waals surface area contributed by atoms with Crippen LogP contribution in [0.2, 0.25) is 0 Å². The topological polar surface area (TPSA) is 81.4 Å². The summed E-state index contributed by atoms with van der Waals surface area (Å²) in [6.45, 7) is -1.29. The summed E-state index contributed by atoms with van der Waals surface area (Å²) in [6, 6.07) is 8.26. The fourth-order valence-electron chi connectivity index (χ4n) is 2.27. The third-order valence-electron chi connectivity index (χ3n) is 3.41. The smallest absolute Gasteiger partial charge is 0.422 e. The van der Waals surface area contributed by atoms with E-state index in [2.05, 4.69) is 25.2 Å². The van der Waals surface area contributed by atoms with E-state index >= 15 is 0 Å². The molecule has 0 spiro atoms. The molecule has 0 bridgehead atoms. The van der Waals surface area contributed by atoms with E-state index in [1.54, 1.807) is 16.7 Å². The van der Waals surface area contributed by atoms with Gasteiger partial charge in [-0.15, -0.1) is 10.2 Å². The average molecular weight is 365 g/mol. The van der Waals surface area contributed by atoms with Crippen molar-refractivity contribution in [3.63, 3.8) is 0 Å². The first-order valence-corrected chi connectivity index (χ1v) is 7.65. The molecule has 1 N–H and O–H groups in total. The number of rotatable bonds is 6. The number of aromatic nitrogens is 4. The minimum atomic E-state index is -4.51. The van der Waals surface area contributed by atoms with Crippen molar-refractivity contribution in [3.8, 4) is 5.88 Å². The Morgan fingerprint density at radius 2 is 2.04 bits per heavy atom. The van der Waals surface area contributed by atoms with Crippen LogP contribution in [0, 0.1) is 0 Å². The molecule has 26 heavy (non-hydrogen) atoms. The molecule has 3 rings (SSSR count). The summed E-state index contributed by atoms with van der Waals surface area (Å²) in [6.07, 6.45) is -1.06. The summed E-state index contributed by atoms with van der Waals surface area (Å²) in [5, 5.41) is 10.7. The molecule has 7 nitrogen and oxygen atoms in total. The quantitative estimate of drug-likeness (QED) is 0.723. The lowest BCUT2D eigenvalue weighted by Gasteiger charge is -2.11. The maximum absolute atomic E-state index is 12.3. The number of hydrogen-bond acceptors (Lipinski definition) is 5.